The molecule has 0 unspecified atom stereocenters. The fourth-order valence-electron chi connectivity index (χ4n) is 2.47. The van der Waals surface area contributed by atoms with E-state index >= 15 is 0 Å². The molecule has 2 aromatic rings. The van der Waals surface area contributed by atoms with Crippen molar-refractivity contribution in [3.63, 3.8) is 0 Å². The van der Waals surface area contributed by atoms with Crippen molar-refractivity contribution < 1.29 is 4.42 Å². The summed E-state index contributed by atoms with van der Waals surface area (Å²) >= 11 is 0. The van der Waals surface area contributed by atoms with Crippen LogP contribution in [0.15, 0.2) is 41.2 Å². The smallest absolute Gasteiger partial charge is 0.0952 e. The maximum absolute atomic E-state index is 5.15. The first-order chi connectivity index (χ1) is 10.1. The first-order valence-corrected chi connectivity index (χ1v) is 7.58. The number of furan rings is 1. The Morgan fingerprint density at radius 1 is 1.24 bits per heavy atom. The summed E-state index contributed by atoms with van der Waals surface area (Å²) in [4.78, 5) is 2.27. The summed E-state index contributed by atoms with van der Waals surface area (Å²) in [5.41, 5.74) is 5.12. The Kier molecular flexibility index (Phi) is 5.45. The summed E-state index contributed by atoms with van der Waals surface area (Å²) in [5.74, 6) is 0.668. The van der Waals surface area contributed by atoms with Gasteiger partial charge >= 0.3 is 0 Å². The molecule has 3 nitrogen and oxygen atoms in total. The summed E-state index contributed by atoms with van der Waals surface area (Å²) in [6.07, 6.45) is 3.53. The van der Waals surface area contributed by atoms with Crippen molar-refractivity contribution in [2.24, 2.45) is 5.92 Å². The molecule has 0 bridgehead atoms. The third kappa shape index (κ3) is 4.64. The Morgan fingerprint density at radius 3 is 2.71 bits per heavy atom. The molecule has 0 saturated carbocycles. The molecule has 0 radical (unpaired) electrons. The highest BCUT2D eigenvalue weighted by Crippen LogP contribution is 2.23. The lowest BCUT2D eigenvalue weighted by molar-refractivity contribution is 0.552. The zero-order valence-corrected chi connectivity index (χ0v) is 13.5. The van der Waals surface area contributed by atoms with Crippen molar-refractivity contribution in [3.8, 4) is 0 Å². The van der Waals surface area contributed by atoms with Crippen molar-refractivity contribution in [1.82, 2.24) is 5.32 Å². The average Bonchev–Trinajstić information content (AvgIpc) is 2.91. The number of hydrogen-bond acceptors (Lipinski definition) is 3. The summed E-state index contributed by atoms with van der Waals surface area (Å²) in [5, 5.41) is 3.54. The fraction of sp³-hybridized carbons (Fsp3) is 0.444. The fourth-order valence-corrected chi connectivity index (χ4v) is 2.47. The number of nitrogens with one attached hydrogen (secondary N) is 1. The molecule has 0 spiro atoms. The van der Waals surface area contributed by atoms with Crippen LogP contribution in [0, 0.1) is 12.8 Å². The van der Waals surface area contributed by atoms with Gasteiger partial charge in [-0.05, 0) is 37.1 Å². The van der Waals surface area contributed by atoms with Crippen LogP contribution in [0.25, 0.3) is 0 Å². The molecule has 0 aliphatic carbocycles. The van der Waals surface area contributed by atoms with E-state index in [1.807, 2.05) is 6.07 Å². The van der Waals surface area contributed by atoms with Gasteiger partial charge in [0.15, 0.2) is 0 Å². The SMILES string of the molecule is Cc1ccc(N(C)Cc2ccoc2)c(CNCC(C)C)c1. The van der Waals surface area contributed by atoms with E-state index in [1.165, 1.54) is 22.4 Å². The molecule has 0 atom stereocenters. The highest BCUT2D eigenvalue weighted by Gasteiger charge is 2.09. The highest BCUT2D eigenvalue weighted by molar-refractivity contribution is 5.54. The number of nitrogens with zero attached hydrogens (tertiary/aromatic N) is 1. The van der Waals surface area contributed by atoms with Crippen LogP contribution in [-0.4, -0.2) is 13.6 Å². The molecule has 21 heavy (non-hydrogen) atoms. The van der Waals surface area contributed by atoms with Gasteiger partial charge in [-0.15, -0.1) is 0 Å². The molecule has 3 heteroatoms. The van der Waals surface area contributed by atoms with Crippen molar-refractivity contribution >= 4 is 5.69 Å². The largest absolute Gasteiger partial charge is 0.472 e. The van der Waals surface area contributed by atoms with Crippen molar-refractivity contribution in [2.75, 3.05) is 18.5 Å². The lowest BCUT2D eigenvalue weighted by Crippen LogP contribution is -2.22. The summed E-state index contributed by atoms with van der Waals surface area (Å²) in [6, 6.07) is 8.67. The second-order valence-corrected chi connectivity index (χ2v) is 6.14. The van der Waals surface area contributed by atoms with Crippen LogP contribution in [0.3, 0.4) is 0 Å². The van der Waals surface area contributed by atoms with Gasteiger partial charge in [0.1, 0.15) is 0 Å². The Balaban J connectivity index is 2.09. The van der Waals surface area contributed by atoms with E-state index < -0.39 is 0 Å². The van der Waals surface area contributed by atoms with Crippen molar-refractivity contribution in [2.45, 2.75) is 33.9 Å². The molecule has 0 saturated heterocycles. The first kappa shape index (κ1) is 15.6. The van der Waals surface area contributed by atoms with Gasteiger partial charge in [0.2, 0.25) is 0 Å². The van der Waals surface area contributed by atoms with Gasteiger partial charge in [-0.2, -0.15) is 0 Å². The molecular formula is C18H26N2O. The minimum Gasteiger partial charge on any atom is -0.472 e. The van der Waals surface area contributed by atoms with Crippen LogP contribution in [0.1, 0.15) is 30.5 Å². The molecule has 114 valence electrons. The molecule has 1 aromatic heterocycles. The zero-order valence-electron chi connectivity index (χ0n) is 13.5. The summed E-state index contributed by atoms with van der Waals surface area (Å²) < 4.78 is 5.15. The third-order valence-corrected chi connectivity index (χ3v) is 3.51. The predicted octanol–water partition coefficient (Wildman–Crippen LogP) is 3.97. The predicted molar refractivity (Wildman–Crippen MR) is 88.5 cm³/mol. The van der Waals surface area contributed by atoms with Gasteiger partial charge in [0.25, 0.3) is 0 Å². The number of rotatable bonds is 7. The van der Waals surface area contributed by atoms with Crippen LogP contribution < -0.4 is 10.2 Å². The van der Waals surface area contributed by atoms with Gasteiger partial charge in [0.05, 0.1) is 12.5 Å². The average molecular weight is 286 g/mol. The second kappa shape index (κ2) is 7.32. The van der Waals surface area contributed by atoms with E-state index in [4.69, 9.17) is 4.42 Å². The molecule has 0 aliphatic heterocycles. The van der Waals surface area contributed by atoms with Gasteiger partial charge in [0, 0.05) is 31.4 Å². The standard InChI is InChI=1S/C18H26N2O/c1-14(2)10-19-11-17-9-15(3)5-6-18(17)20(4)12-16-7-8-21-13-16/h5-9,13-14,19H,10-12H2,1-4H3. The highest BCUT2D eigenvalue weighted by atomic mass is 16.3. The molecule has 1 N–H and O–H groups in total. The third-order valence-electron chi connectivity index (χ3n) is 3.51. The number of benzene rings is 1. The van der Waals surface area contributed by atoms with Crippen molar-refractivity contribution in [3.05, 3.63) is 53.5 Å². The molecule has 2 rings (SSSR count). The van der Waals surface area contributed by atoms with E-state index in [2.05, 4.69) is 56.2 Å². The normalized spacial score (nSPS) is 11.1. The van der Waals surface area contributed by atoms with Crippen LogP contribution >= 0.6 is 0 Å². The minimum atomic E-state index is 0.668. The molecular weight excluding hydrogens is 260 g/mol. The van der Waals surface area contributed by atoms with Crippen LogP contribution in [0.2, 0.25) is 0 Å². The Morgan fingerprint density at radius 2 is 2.05 bits per heavy atom. The van der Waals surface area contributed by atoms with Crippen LogP contribution in [0.5, 0.6) is 0 Å². The van der Waals surface area contributed by atoms with Gasteiger partial charge in [-0.3, -0.25) is 0 Å². The monoisotopic (exact) mass is 286 g/mol. The maximum Gasteiger partial charge on any atom is 0.0952 e. The number of aryl methyl sites for hydroxylation is 1. The van der Waals surface area contributed by atoms with Crippen LogP contribution in [-0.2, 0) is 13.1 Å². The van der Waals surface area contributed by atoms with E-state index in [1.54, 1.807) is 12.5 Å². The minimum absolute atomic E-state index is 0.668. The Bertz CT molecular complexity index is 546. The molecule has 0 amide bonds. The van der Waals surface area contributed by atoms with E-state index in [0.29, 0.717) is 5.92 Å². The van der Waals surface area contributed by atoms with E-state index in [-0.39, 0.29) is 0 Å². The molecule has 0 fully saturated rings. The van der Waals surface area contributed by atoms with Crippen molar-refractivity contribution in [1.29, 1.82) is 0 Å². The maximum atomic E-state index is 5.15. The lowest BCUT2D eigenvalue weighted by atomic mass is 10.1. The molecule has 0 aliphatic rings. The Labute approximate surface area is 128 Å². The topological polar surface area (TPSA) is 28.4 Å². The lowest BCUT2D eigenvalue weighted by Gasteiger charge is -2.23. The van der Waals surface area contributed by atoms with Gasteiger partial charge < -0.3 is 14.6 Å². The van der Waals surface area contributed by atoms with E-state index in [0.717, 1.165) is 19.6 Å². The Hall–Kier alpha value is -1.74. The number of hydrogen-bond donors (Lipinski definition) is 1. The summed E-state index contributed by atoms with van der Waals surface area (Å²) in [6.45, 7) is 9.41. The zero-order chi connectivity index (χ0) is 15.2. The quantitative estimate of drug-likeness (QED) is 0.835. The number of anilines is 1. The first-order valence-electron chi connectivity index (χ1n) is 7.58. The van der Waals surface area contributed by atoms with E-state index in [9.17, 15) is 0 Å². The summed E-state index contributed by atoms with van der Waals surface area (Å²) in [7, 11) is 2.13. The van der Waals surface area contributed by atoms with Gasteiger partial charge in [-0.25, -0.2) is 0 Å². The van der Waals surface area contributed by atoms with Gasteiger partial charge in [-0.1, -0.05) is 31.5 Å². The second-order valence-electron chi connectivity index (χ2n) is 6.14. The molecule has 1 heterocycles. The molecule has 1 aromatic carbocycles. The van der Waals surface area contributed by atoms with Crippen LogP contribution in [0.4, 0.5) is 5.69 Å².